The molecule has 0 spiro atoms. The van der Waals surface area contributed by atoms with Crippen molar-refractivity contribution in [2.45, 2.75) is 32.9 Å². The summed E-state index contributed by atoms with van der Waals surface area (Å²) in [5, 5.41) is 2.96. The minimum absolute atomic E-state index is 0.0692. The number of methoxy groups -OCH3 is 1. The molecule has 2 aromatic carbocycles. The van der Waals surface area contributed by atoms with Gasteiger partial charge in [0, 0.05) is 23.7 Å². The molecule has 2 rings (SSSR count). The van der Waals surface area contributed by atoms with E-state index in [1.807, 2.05) is 6.92 Å². The number of amides is 2. The van der Waals surface area contributed by atoms with Gasteiger partial charge in [-0.1, -0.05) is 36.7 Å². The number of hydrogen-bond donors (Lipinski definition) is 1. The lowest BCUT2D eigenvalue weighted by atomic mass is 10.1. The molecule has 0 heterocycles. The number of halogens is 2. The van der Waals surface area contributed by atoms with Gasteiger partial charge in [-0.15, -0.1) is 0 Å². The van der Waals surface area contributed by atoms with Gasteiger partial charge in [0.1, 0.15) is 24.2 Å². The van der Waals surface area contributed by atoms with Crippen LogP contribution in [0.5, 0.6) is 5.75 Å². The lowest BCUT2D eigenvalue weighted by Gasteiger charge is -2.32. The van der Waals surface area contributed by atoms with Crippen molar-refractivity contribution in [3.8, 4) is 5.75 Å². The van der Waals surface area contributed by atoms with Gasteiger partial charge in [-0.3, -0.25) is 13.9 Å². The largest absolute Gasteiger partial charge is 0.495 e. The van der Waals surface area contributed by atoms with E-state index < -0.39 is 40.2 Å². The van der Waals surface area contributed by atoms with Crippen molar-refractivity contribution in [3.63, 3.8) is 0 Å². The van der Waals surface area contributed by atoms with Crippen LogP contribution in [-0.2, 0) is 26.2 Å². The Morgan fingerprint density at radius 3 is 2.47 bits per heavy atom. The third-order valence-corrected chi connectivity index (χ3v) is 6.47. The summed E-state index contributed by atoms with van der Waals surface area (Å²) in [7, 11) is -2.60. The number of carbonyl (C=O) groups excluding carboxylic acids is 2. The summed E-state index contributed by atoms with van der Waals surface area (Å²) in [6.45, 7) is 2.93. The summed E-state index contributed by atoms with van der Waals surface area (Å²) in [4.78, 5) is 27.2. The van der Waals surface area contributed by atoms with Crippen molar-refractivity contribution >= 4 is 39.1 Å². The van der Waals surface area contributed by atoms with Gasteiger partial charge in [0.2, 0.25) is 21.8 Å². The summed E-state index contributed by atoms with van der Waals surface area (Å²) in [5.74, 6) is -1.48. The van der Waals surface area contributed by atoms with Crippen molar-refractivity contribution in [2.75, 3.05) is 30.8 Å². The lowest BCUT2D eigenvalue weighted by molar-refractivity contribution is -0.139. The Labute approximate surface area is 204 Å². The maximum atomic E-state index is 14.4. The Morgan fingerprint density at radius 2 is 1.88 bits per heavy atom. The van der Waals surface area contributed by atoms with E-state index in [-0.39, 0.29) is 28.6 Å². The fourth-order valence-electron chi connectivity index (χ4n) is 3.24. The van der Waals surface area contributed by atoms with Crippen molar-refractivity contribution < 1.29 is 27.1 Å². The minimum atomic E-state index is -3.96. The molecule has 0 aromatic heterocycles. The maximum Gasteiger partial charge on any atom is 0.244 e. The molecule has 11 heteroatoms. The molecule has 2 amide bonds. The van der Waals surface area contributed by atoms with Crippen LogP contribution in [0.4, 0.5) is 10.1 Å². The van der Waals surface area contributed by atoms with E-state index in [1.54, 1.807) is 6.07 Å². The number of ether oxygens (including phenoxy) is 1. The smallest absolute Gasteiger partial charge is 0.244 e. The molecule has 34 heavy (non-hydrogen) atoms. The fourth-order valence-corrected chi connectivity index (χ4v) is 4.25. The van der Waals surface area contributed by atoms with E-state index >= 15 is 0 Å². The summed E-state index contributed by atoms with van der Waals surface area (Å²) >= 11 is 6.07. The zero-order chi connectivity index (χ0) is 25.5. The molecule has 8 nitrogen and oxygen atoms in total. The van der Waals surface area contributed by atoms with Gasteiger partial charge in [-0.25, -0.2) is 12.8 Å². The number of benzene rings is 2. The first-order chi connectivity index (χ1) is 16.0. The van der Waals surface area contributed by atoms with E-state index in [2.05, 4.69) is 5.32 Å². The number of rotatable bonds is 11. The first-order valence-corrected chi connectivity index (χ1v) is 12.8. The molecule has 2 aromatic rings. The third-order valence-electron chi connectivity index (χ3n) is 5.10. The quantitative estimate of drug-likeness (QED) is 0.498. The second-order valence-corrected chi connectivity index (χ2v) is 10.0. The number of nitrogens with zero attached hydrogens (tertiary/aromatic N) is 2. The van der Waals surface area contributed by atoms with Crippen LogP contribution in [0.25, 0.3) is 0 Å². The van der Waals surface area contributed by atoms with Crippen LogP contribution in [0.2, 0.25) is 5.02 Å². The molecule has 0 aliphatic rings. The Hall–Kier alpha value is -2.85. The van der Waals surface area contributed by atoms with Gasteiger partial charge >= 0.3 is 0 Å². The molecule has 1 N–H and O–H groups in total. The van der Waals surface area contributed by atoms with Gasteiger partial charge in [0.05, 0.1) is 19.1 Å². The van der Waals surface area contributed by atoms with Crippen LogP contribution in [0.15, 0.2) is 42.5 Å². The van der Waals surface area contributed by atoms with Crippen LogP contribution in [0.1, 0.15) is 25.8 Å². The standard InChI is InChI=1S/C23H29ClFN3O5S/c1-5-12-26-23(30)16(2)27(14-17-8-6-7-9-19(17)25)22(29)15-28(34(4,31)32)20-13-18(24)10-11-21(20)33-3/h6-11,13,16H,5,12,14-15H2,1-4H3,(H,26,30). The molecule has 186 valence electrons. The normalized spacial score (nSPS) is 12.1. The van der Waals surface area contributed by atoms with E-state index in [9.17, 15) is 22.4 Å². The summed E-state index contributed by atoms with van der Waals surface area (Å²) in [5.41, 5.74) is 0.261. The fraction of sp³-hybridized carbons (Fsp3) is 0.391. The number of carbonyl (C=O) groups is 2. The molecule has 1 unspecified atom stereocenters. The van der Waals surface area contributed by atoms with Gasteiger partial charge in [-0.05, 0) is 37.6 Å². The zero-order valence-electron chi connectivity index (χ0n) is 19.5. The van der Waals surface area contributed by atoms with Crippen LogP contribution < -0.4 is 14.4 Å². The van der Waals surface area contributed by atoms with Crippen LogP contribution >= 0.6 is 11.6 Å². The molecule has 1 atom stereocenters. The van der Waals surface area contributed by atoms with Gasteiger partial charge in [0.15, 0.2) is 0 Å². The average Bonchev–Trinajstić information content (AvgIpc) is 2.79. The van der Waals surface area contributed by atoms with Crippen LogP contribution in [-0.4, -0.2) is 57.6 Å². The second kappa shape index (κ2) is 12.0. The predicted molar refractivity (Wildman–Crippen MR) is 130 cm³/mol. The highest BCUT2D eigenvalue weighted by atomic mass is 35.5. The highest BCUT2D eigenvalue weighted by molar-refractivity contribution is 7.92. The summed E-state index contributed by atoms with van der Waals surface area (Å²) < 4.78 is 45.8. The Balaban J connectivity index is 2.46. The second-order valence-electron chi connectivity index (χ2n) is 7.67. The Morgan fingerprint density at radius 1 is 1.21 bits per heavy atom. The number of hydrogen-bond acceptors (Lipinski definition) is 5. The monoisotopic (exact) mass is 513 g/mol. The highest BCUT2D eigenvalue weighted by Gasteiger charge is 2.31. The Bertz CT molecular complexity index is 1130. The van der Waals surface area contributed by atoms with E-state index in [0.717, 1.165) is 15.5 Å². The van der Waals surface area contributed by atoms with Crippen LogP contribution in [0.3, 0.4) is 0 Å². The SMILES string of the molecule is CCCNC(=O)C(C)N(Cc1ccccc1F)C(=O)CN(c1cc(Cl)ccc1OC)S(C)(=O)=O. The van der Waals surface area contributed by atoms with Gasteiger partial charge in [-0.2, -0.15) is 0 Å². The van der Waals surface area contributed by atoms with Crippen molar-refractivity contribution in [1.29, 1.82) is 0 Å². The molecule has 0 fully saturated rings. The van der Waals surface area contributed by atoms with E-state index in [1.165, 1.54) is 50.4 Å². The molecular formula is C23H29ClFN3O5S. The molecule has 0 bridgehead atoms. The first kappa shape index (κ1) is 27.4. The minimum Gasteiger partial charge on any atom is -0.495 e. The molecular weight excluding hydrogens is 485 g/mol. The van der Waals surface area contributed by atoms with Crippen molar-refractivity contribution in [2.24, 2.45) is 0 Å². The third kappa shape index (κ3) is 7.07. The van der Waals surface area contributed by atoms with E-state index in [0.29, 0.717) is 13.0 Å². The Kier molecular flexibility index (Phi) is 9.69. The van der Waals surface area contributed by atoms with Crippen molar-refractivity contribution in [1.82, 2.24) is 10.2 Å². The first-order valence-electron chi connectivity index (χ1n) is 10.6. The van der Waals surface area contributed by atoms with Crippen LogP contribution in [0, 0.1) is 5.82 Å². The van der Waals surface area contributed by atoms with Gasteiger partial charge in [0.25, 0.3) is 0 Å². The summed E-state index contributed by atoms with van der Waals surface area (Å²) in [6, 6.07) is 9.27. The molecule has 0 aliphatic carbocycles. The van der Waals surface area contributed by atoms with Crippen molar-refractivity contribution in [3.05, 3.63) is 58.9 Å². The van der Waals surface area contributed by atoms with E-state index in [4.69, 9.17) is 16.3 Å². The number of sulfonamides is 1. The van der Waals surface area contributed by atoms with Gasteiger partial charge < -0.3 is 15.0 Å². The summed E-state index contributed by atoms with van der Waals surface area (Å²) in [6.07, 6.45) is 1.63. The highest BCUT2D eigenvalue weighted by Crippen LogP contribution is 2.33. The predicted octanol–water partition coefficient (Wildman–Crippen LogP) is 3.20. The number of nitrogens with one attached hydrogen (secondary N) is 1. The molecule has 0 radical (unpaired) electrons. The zero-order valence-corrected chi connectivity index (χ0v) is 21.1. The number of anilines is 1. The molecule has 0 saturated heterocycles. The topological polar surface area (TPSA) is 96.0 Å². The molecule has 0 aliphatic heterocycles. The lowest BCUT2D eigenvalue weighted by Crippen LogP contribution is -2.51. The molecule has 0 saturated carbocycles. The maximum absolute atomic E-state index is 14.4. The average molecular weight is 514 g/mol.